The molecule has 0 spiro atoms. The van der Waals surface area contributed by atoms with Crippen LogP contribution in [-0.4, -0.2) is 48.4 Å². The van der Waals surface area contributed by atoms with E-state index in [0.717, 1.165) is 6.92 Å². The highest BCUT2D eigenvalue weighted by Crippen LogP contribution is 2.60. The van der Waals surface area contributed by atoms with Gasteiger partial charge >= 0.3 is 41.8 Å². The Morgan fingerprint density at radius 2 is 1.14 bits per heavy atom. The van der Waals surface area contributed by atoms with Gasteiger partial charge in [-0.15, -0.1) is 0 Å². The lowest BCUT2D eigenvalue weighted by Gasteiger charge is -2.39. The summed E-state index contributed by atoms with van der Waals surface area (Å²) in [5.41, 5.74) is -0.280. The summed E-state index contributed by atoms with van der Waals surface area (Å²) in [6.07, 6.45) is -11.2. The van der Waals surface area contributed by atoms with E-state index >= 15 is 0 Å². The molecule has 0 aromatic heterocycles. The molecular weight excluding hydrogens is 435 g/mol. The van der Waals surface area contributed by atoms with E-state index in [4.69, 9.17) is 0 Å². The molecule has 0 amide bonds. The molecule has 0 saturated heterocycles. The summed E-state index contributed by atoms with van der Waals surface area (Å²) >= 11 is 0. The monoisotopic (exact) mass is 446 g/mol. The molecule has 0 aromatic rings. The molecule has 0 bridgehead atoms. The van der Waals surface area contributed by atoms with E-state index in [1.54, 1.807) is 0 Å². The van der Waals surface area contributed by atoms with E-state index < -0.39 is 61.2 Å². The number of ether oxygens (including phenoxy) is 1. The molecule has 0 heterocycles. The Hall–Kier alpha value is -1.70. The van der Waals surface area contributed by atoms with Gasteiger partial charge in [0.1, 0.15) is 0 Å². The number of alkyl halides is 13. The number of hydrogen-bond acceptors (Lipinski definition) is 2. The van der Waals surface area contributed by atoms with Crippen molar-refractivity contribution in [2.45, 2.75) is 55.6 Å². The third-order valence-electron chi connectivity index (χ3n) is 3.22. The normalized spacial score (nSPS) is 14.8. The van der Waals surface area contributed by atoms with Crippen molar-refractivity contribution < 1.29 is 66.6 Å². The first-order chi connectivity index (χ1) is 12.1. The molecular formula is C13H11F13O2. The highest BCUT2D eigenvalue weighted by atomic mass is 19.4. The van der Waals surface area contributed by atoms with Crippen molar-refractivity contribution in [3.8, 4) is 0 Å². The van der Waals surface area contributed by atoms with Crippen LogP contribution in [0.2, 0.25) is 0 Å². The second kappa shape index (κ2) is 7.61. The maximum Gasteiger partial charge on any atom is 0.460 e. The Morgan fingerprint density at radius 3 is 1.50 bits per heavy atom. The summed E-state index contributed by atoms with van der Waals surface area (Å²) in [5, 5.41) is 0. The molecule has 166 valence electrons. The first kappa shape index (κ1) is 26.3. The van der Waals surface area contributed by atoms with Crippen molar-refractivity contribution in [2.75, 3.05) is 6.61 Å². The molecule has 0 aromatic carbocycles. The number of carbonyl (C=O) groups excluding carboxylic acids is 1. The van der Waals surface area contributed by atoms with Crippen LogP contribution in [-0.2, 0) is 9.53 Å². The summed E-state index contributed by atoms with van der Waals surface area (Å²) in [7, 11) is 0. The SMILES string of the molecule is C=C(C)C(=O)OCCCC(F)(F)C(F)(F)C(F)(F)C(F)(F)C(F)(F)C(F)(F)F. The van der Waals surface area contributed by atoms with E-state index in [0.29, 0.717) is 0 Å². The fourth-order valence-electron chi connectivity index (χ4n) is 1.54. The molecule has 0 radical (unpaired) electrons. The minimum Gasteiger partial charge on any atom is -0.462 e. The van der Waals surface area contributed by atoms with Gasteiger partial charge in [-0.1, -0.05) is 6.58 Å². The fourth-order valence-corrected chi connectivity index (χ4v) is 1.54. The van der Waals surface area contributed by atoms with E-state index in [1.165, 1.54) is 0 Å². The second-order valence-electron chi connectivity index (χ2n) is 5.52. The van der Waals surface area contributed by atoms with Crippen LogP contribution in [0.4, 0.5) is 57.1 Å². The van der Waals surface area contributed by atoms with Crippen LogP contribution in [0.15, 0.2) is 12.2 Å². The van der Waals surface area contributed by atoms with Crippen LogP contribution in [0, 0.1) is 0 Å². The lowest BCUT2D eigenvalue weighted by molar-refractivity contribution is -0.440. The van der Waals surface area contributed by atoms with Gasteiger partial charge in [-0.3, -0.25) is 0 Å². The maximum atomic E-state index is 13.3. The molecule has 0 saturated carbocycles. The molecule has 0 fully saturated rings. The van der Waals surface area contributed by atoms with Gasteiger partial charge in [0.15, 0.2) is 0 Å². The standard InChI is InChI=1S/C13H11F13O2/c1-6(2)7(27)28-5-3-4-8(14,15)9(16,17)10(18,19)11(20,21)12(22,23)13(24,25)26/h1,3-5H2,2H3. The summed E-state index contributed by atoms with van der Waals surface area (Å²) < 4.78 is 171. The number of hydrogen-bond donors (Lipinski definition) is 0. The van der Waals surface area contributed by atoms with Gasteiger partial charge in [-0.2, -0.15) is 57.1 Å². The topological polar surface area (TPSA) is 26.3 Å². The molecule has 0 atom stereocenters. The predicted octanol–water partition coefficient (Wildman–Crippen LogP) is 5.62. The van der Waals surface area contributed by atoms with Crippen molar-refractivity contribution in [2.24, 2.45) is 0 Å². The highest BCUT2D eigenvalue weighted by Gasteiger charge is 2.90. The molecule has 0 aliphatic heterocycles. The molecule has 0 unspecified atom stereocenters. The number of carbonyl (C=O) groups is 1. The van der Waals surface area contributed by atoms with Gasteiger partial charge in [0.25, 0.3) is 0 Å². The largest absolute Gasteiger partial charge is 0.462 e. The molecule has 2 nitrogen and oxygen atoms in total. The molecule has 0 aliphatic rings. The van der Waals surface area contributed by atoms with Gasteiger partial charge in [0.2, 0.25) is 0 Å². The van der Waals surface area contributed by atoms with Gasteiger partial charge in [0.05, 0.1) is 6.61 Å². The second-order valence-corrected chi connectivity index (χ2v) is 5.52. The van der Waals surface area contributed by atoms with Crippen LogP contribution < -0.4 is 0 Å². The molecule has 0 rings (SSSR count). The summed E-state index contributed by atoms with van der Waals surface area (Å²) in [6.45, 7) is 3.00. The number of halogens is 13. The Labute approximate surface area is 148 Å². The van der Waals surface area contributed by atoms with Gasteiger partial charge in [-0.05, 0) is 13.3 Å². The average Bonchev–Trinajstić information content (AvgIpc) is 2.49. The lowest BCUT2D eigenvalue weighted by atomic mass is 9.92. The van der Waals surface area contributed by atoms with Gasteiger partial charge in [0, 0.05) is 12.0 Å². The minimum absolute atomic E-state index is 0.280. The van der Waals surface area contributed by atoms with E-state index in [9.17, 15) is 61.9 Å². The molecule has 15 heteroatoms. The van der Waals surface area contributed by atoms with Crippen molar-refractivity contribution in [1.29, 1.82) is 0 Å². The van der Waals surface area contributed by atoms with Crippen LogP contribution >= 0.6 is 0 Å². The average molecular weight is 446 g/mol. The zero-order valence-electron chi connectivity index (χ0n) is 13.6. The summed E-state index contributed by atoms with van der Waals surface area (Å²) in [5.74, 6) is -38.2. The molecule has 0 aliphatic carbocycles. The van der Waals surface area contributed by atoms with Crippen molar-refractivity contribution in [3.05, 3.63) is 12.2 Å². The zero-order chi connectivity index (χ0) is 23.0. The first-order valence-electron chi connectivity index (χ1n) is 6.86. The Kier molecular flexibility index (Phi) is 7.15. The Bertz CT molecular complexity index is 592. The minimum atomic E-state index is -7.92. The van der Waals surface area contributed by atoms with E-state index in [2.05, 4.69) is 11.3 Å². The number of esters is 1. The fraction of sp³-hybridized carbons (Fsp3) is 0.769. The Morgan fingerprint density at radius 1 is 0.750 bits per heavy atom. The Balaban J connectivity index is 5.62. The van der Waals surface area contributed by atoms with E-state index in [1.807, 2.05) is 0 Å². The van der Waals surface area contributed by atoms with Crippen LogP contribution in [0.1, 0.15) is 19.8 Å². The number of rotatable bonds is 9. The maximum absolute atomic E-state index is 13.3. The smallest absolute Gasteiger partial charge is 0.460 e. The lowest BCUT2D eigenvalue weighted by Crippen LogP contribution is -2.70. The predicted molar refractivity (Wildman–Crippen MR) is 65.8 cm³/mol. The first-order valence-corrected chi connectivity index (χ1v) is 6.86. The van der Waals surface area contributed by atoms with Crippen LogP contribution in [0.25, 0.3) is 0 Å². The zero-order valence-corrected chi connectivity index (χ0v) is 13.6. The van der Waals surface area contributed by atoms with Crippen LogP contribution in [0.5, 0.6) is 0 Å². The highest BCUT2D eigenvalue weighted by molar-refractivity contribution is 5.86. The van der Waals surface area contributed by atoms with Crippen molar-refractivity contribution >= 4 is 5.97 Å². The van der Waals surface area contributed by atoms with E-state index in [-0.39, 0.29) is 5.57 Å². The summed E-state index contributed by atoms with van der Waals surface area (Å²) in [6, 6.07) is 0. The van der Waals surface area contributed by atoms with Gasteiger partial charge in [-0.25, -0.2) is 4.79 Å². The van der Waals surface area contributed by atoms with Crippen molar-refractivity contribution in [3.63, 3.8) is 0 Å². The van der Waals surface area contributed by atoms with Gasteiger partial charge < -0.3 is 4.74 Å². The van der Waals surface area contributed by atoms with Crippen LogP contribution in [0.3, 0.4) is 0 Å². The summed E-state index contributed by atoms with van der Waals surface area (Å²) in [4.78, 5) is 10.9. The van der Waals surface area contributed by atoms with Crippen molar-refractivity contribution in [1.82, 2.24) is 0 Å². The third kappa shape index (κ3) is 4.31. The quantitative estimate of drug-likeness (QED) is 0.199. The molecule has 0 N–H and O–H groups in total. The third-order valence-corrected chi connectivity index (χ3v) is 3.22. The molecule has 28 heavy (non-hydrogen) atoms.